The summed E-state index contributed by atoms with van der Waals surface area (Å²) < 4.78 is 6.47. The van der Waals surface area contributed by atoms with Crippen molar-refractivity contribution in [3.63, 3.8) is 0 Å². The minimum atomic E-state index is -1.75. The minimum absolute atomic E-state index is 0.156. The lowest BCUT2D eigenvalue weighted by molar-refractivity contribution is 0.202. The van der Waals surface area contributed by atoms with E-state index in [4.69, 9.17) is 10.8 Å². The minimum Gasteiger partial charge on any atom is -0.415 e. The van der Waals surface area contributed by atoms with Crippen LogP contribution < -0.4 is 0 Å². The van der Waals surface area contributed by atoms with Crippen molar-refractivity contribution < 1.29 is 4.43 Å². The van der Waals surface area contributed by atoms with E-state index in [1.165, 1.54) is 0 Å². The van der Waals surface area contributed by atoms with Gasteiger partial charge in [0, 0.05) is 12.0 Å². The van der Waals surface area contributed by atoms with Crippen LogP contribution in [-0.2, 0) is 4.43 Å². The highest BCUT2D eigenvalue weighted by Crippen LogP contribution is 2.42. The summed E-state index contributed by atoms with van der Waals surface area (Å²) in [6.45, 7) is 18.6. The van der Waals surface area contributed by atoms with Crippen LogP contribution in [0.3, 0.4) is 0 Å². The molecule has 1 nitrogen and oxygen atoms in total. The van der Waals surface area contributed by atoms with E-state index in [-0.39, 0.29) is 5.41 Å². The molecule has 2 heteroatoms. The molecule has 0 aliphatic rings. The Balaban J connectivity index is 5.03. The second-order valence-corrected chi connectivity index (χ2v) is 12.1. The maximum absolute atomic E-state index is 6.47. The van der Waals surface area contributed by atoms with Crippen molar-refractivity contribution in [3.8, 4) is 12.3 Å². The molecule has 0 amide bonds. The van der Waals surface area contributed by atoms with Gasteiger partial charge in [0.1, 0.15) is 0 Å². The molecule has 0 atom stereocenters. The first-order chi connectivity index (χ1) is 7.60. The highest BCUT2D eigenvalue weighted by molar-refractivity contribution is 6.77. The van der Waals surface area contributed by atoms with Gasteiger partial charge >= 0.3 is 0 Å². The van der Waals surface area contributed by atoms with Crippen molar-refractivity contribution in [3.05, 3.63) is 0 Å². The SMILES string of the molecule is C#CC(C)(C)CO[Si](C(C)C)(C(C)C)C(C)C. The van der Waals surface area contributed by atoms with Gasteiger partial charge in [-0.1, -0.05) is 47.5 Å². The van der Waals surface area contributed by atoms with Gasteiger partial charge in [0.2, 0.25) is 0 Å². The molecule has 0 fully saturated rings. The van der Waals surface area contributed by atoms with Crippen molar-refractivity contribution in [1.29, 1.82) is 0 Å². The zero-order valence-corrected chi connectivity index (χ0v) is 13.9. The maximum atomic E-state index is 6.47. The van der Waals surface area contributed by atoms with E-state index in [1.807, 2.05) is 0 Å². The zero-order valence-electron chi connectivity index (χ0n) is 12.9. The highest BCUT2D eigenvalue weighted by atomic mass is 28.4. The predicted octanol–water partition coefficient (Wildman–Crippen LogP) is 4.84. The molecule has 0 saturated heterocycles. The van der Waals surface area contributed by atoms with Crippen molar-refractivity contribution >= 4 is 8.32 Å². The smallest absolute Gasteiger partial charge is 0.200 e. The van der Waals surface area contributed by atoms with Gasteiger partial charge in [-0.15, -0.1) is 6.42 Å². The molecule has 0 aliphatic carbocycles. The molecule has 100 valence electrons. The Hall–Kier alpha value is -0.263. The standard InChI is InChI=1S/C15H30OSi/c1-10-15(8,9)11-16-17(12(2)3,13(4)5)14(6)7/h1,12-14H,11H2,2-9H3. The molecule has 0 bridgehead atoms. The van der Waals surface area contributed by atoms with Crippen LogP contribution in [0, 0.1) is 17.8 Å². The molecular weight excluding hydrogens is 224 g/mol. The van der Waals surface area contributed by atoms with Gasteiger partial charge in [-0.3, -0.25) is 0 Å². The zero-order chi connectivity index (χ0) is 13.9. The van der Waals surface area contributed by atoms with Crippen LogP contribution in [0.25, 0.3) is 0 Å². The molecule has 0 rings (SSSR count). The van der Waals surface area contributed by atoms with Crippen molar-refractivity contribution in [1.82, 2.24) is 0 Å². The van der Waals surface area contributed by atoms with Gasteiger partial charge in [-0.2, -0.15) is 0 Å². The van der Waals surface area contributed by atoms with E-state index in [2.05, 4.69) is 61.3 Å². The topological polar surface area (TPSA) is 9.23 Å². The fourth-order valence-electron chi connectivity index (χ4n) is 2.85. The lowest BCUT2D eigenvalue weighted by Crippen LogP contribution is -2.49. The van der Waals surface area contributed by atoms with E-state index in [0.717, 1.165) is 0 Å². The summed E-state index contributed by atoms with van der Waals surface area (Å²) in [7, 11) is -1.75. The van der Waals surface area contributed by atoms with Crippen molar-refractivity contribution in [2.45, 2.75) is 72.0 Å². The molecular formula is C15H30OSi. The molecule has 0 N–H and O–H groups in total. The summed E-state index contributed by atoms with van der Waals surface area (Å²) in [6.07, 6.45) is 5.55. The number of terminal acetylenes is 1. The fourth-order valence-corrected chi connectivity index (χ4v) is 8.46. The Kier molecular flexibility index (Phi) is 5.97. The molecule has 17 heavy (non-hydrogen) atoms. The molecule has 0 aliphatic heterocycles. The Labute approximate surface area is 109 Å². The molecule has 0 aromatic heterocycles. The summed E-state index contributed by atoms with van der Waals surface area (Å²) in [5, 5.41) is 0. The Bertz CT molecular complexity index is 249. The van der Waals surface area contributed by atoms with Gasteiger partial charge < -0.3 is 4.43 Å². The lowest BCUT2D eigenvalue weighted by Gasteiger charge is -2.43. The van der Waals surface area contributed by atoms with E-state index < -0.39 is 8.32 Å². The molecule has 0 radical (unpaired) electrons. The number of hydrogen-bond acceptors (Lipinski definition) is 1. The second kappa shape index (κ2) is 6.07. The molecule has 0 saturated carbocycles. The monoisotopic (exact) mass is 254 g/mol. The summed E-state index contributed by atoms with van der Waals surface area (Å²) >= 11 is 0. The quantitative estimate of drug-likeness (QED) is 0.487. The fraction of sp³-hybridized carbons (Fsp3) is 0.867. The first-order valence-electron chi connectivity index (χ1n) is 6.72. The van der Waals surface area contributed by atoms with Crippen LogP contribution in [0.5, 0.6) is 0 Å². The highest BCUT2D eigenvalue weighted by Gasteiger charge is 2.45. The second-order valence-electron chi connectivity index (χ2n) is 6.63. The van der Waals surface area contributed by atoms with Gasteiger partial charge in [0.15, 0.2) is 8.32 Å². The third kappa shape index (κ3) is 3.86. The summed E-state index contributed by atoms with van der Waals surface area (Å²) in [4.78, 5) is 0. The van der Waals surface area contributed by atoms with E-state index in [9.17, 15) is 0 Å². The average molecular weight is 254 g/mol. The normalized spacial score (nSPS) is 13.5. The van der Waals surface area contributed by atoms with Crippen LogP contribution in [0.15, 0.2) is 0 Å². The van der Waals surface area contributed by atoms with E-state index in [0.29, 0.717) is 23.2 Å². The van der Waals surface area contributed by atoms with Crippen LogP contribution in [-0.4, -0.2) is 14.9 Å². The Morgan fingerprint density at radius 1 is 1.00 bits per heavy atom. The predicted molar refractivity (Wildman–Crippen MR) is 79.6 cm³/mol. The third-order valence-corrected chi connectivity index (χ3v) is 9.84. The molecule has 0 aromatic carbocycles. The van der Waals surface area contributed by atoms with Gasteiger partial charge in [-0.25, -0.2) is 0 Å². The third-order valence-electron chi connectivity index (χ3n) is 3.78. The van der Waals surface area contributed by atoms with E-state index in [1.54, 1.807) is 0 Å². The summed E-state index contributed by atoms with van der Waals surface area (Å²) in [6, 6.07) is 0. The largest absolute Gasteiger partial charge is 0.415 e. The van der Waals surface area contributed by atoms with Gasteiger partial charge in [-0.05, 0) is 30.5 Å². The Morgan fingerprint density at radius 3 is 1.59 bits per heavy atom. The van der Waals surface area contributed by atoms with Crippen LogP contribution in [0.2, 0.25) is 16.6 Å². The Morgan fingerprint density at radius 2 is 1.35 bits per heavy atom. The van der Waals surface area contributed by atoms with Gasteiger partial charge in [0.25, 0.3) is 0 Å². The summed E-state index contributed by atoms with van der Waals surface area (Å²) in [5.41, 5.74) is 1.71. The average Bonchev–Trinajstić information content (AvgIpc) is 2.16. The van der Waals surface area contributed by atoms with Crippen LogP contribution >= 0.6 is 0 Å². The first-order valence-corrected chi connectivity index (χ1v) is 8.86. The molecule has 0 aromatic rings. The van der Waals surface area contributed by atoms with Gasteiger partial charge in [0.05, 0.1) is 0 Å². The van der Waals surface area contributed by atoms with Crippen molar-refractivity contribution in [2.24, 2.45) is 5.41 Å². The van der Waals surface area contributed by atoms with Crippen LogP contribution in [0.4, 0.5) is 0 Å². The van der Waals surface area contributed by atoms with E-state index >= 15 is 0 Å². The first kappa shape index (κ1) is 16.7. The van der Waals surface area contributed by atoms with Crippen LogP contribution in [0.1, 0.15) is 55.4 Å². The lowest BCUT2D eigenvalue weighted by atomic mass is 9.97. The maximum Gasteiger partial charge on any atom is 0.200 e. The molecule has 0 heterocycles. The molecule has 0 spiro atoms. The van der Waals surface area contributed by atoms with Crippen molar-refractivity contribution in [2.75, 3.05) is 6.61 Å². The number of rotatable bonds is 6. The number of hydrogen-bond donors (Lipinski definition) is 0. The summed E-state index contributed by atoms with van der Waals surface area (Å²) in [5.74, 6) is 2.83. The molecule has 0 unspecified atom stereocenters.